The summed E-state index contributed by atoms with van der Waals surface area (Å²) in [5.74, 6) is 2.60. The molecule has 1 N–H and O–H groups in total. The smallest absolute Gasteiger partial charge is 0.225 e. The van der Waals surface area contributed by atoms with Crippen LogP contribution in [0.3, 0.4) is 0 Å². The first kappa shape index (κ1) is 15.2. The predicted molar refractivity (Wildman–Crippen MR) is 101 cm³/mol. The van der Waals surface area contributed by atoms with Crippen molar-refractivity contribution in [3.8, 4) is 0 Å². The van der Waals surface area contributed by atoms with E-state index in [-0.39, 0.29) is 0 Å². The van der Waals surface area contributed by atoms with Crippen LogP contribution in [-0.2, 0) is 6.42 Å². The molecule has 1 saturated carbocycles. The van der Waals surface area contributed by atoms with E-state index in [0.717, 1.165) is 30.4 Å². The summed E-state index contributed by atoms with van der Waals surface area (Å²) in [6.45, 7) is 3.27. The molecule has 2 heterocycles. The van der Waals surface area contributed by atoms with E-state index in [4.69, 9.17) is 9.97 Å². The van der Waals surface area contributed by atoms with Crippen LogP contribution in [0.4, 0.5) is 11.8 Å². The number of fused-ring (bicyclic) bond motifs is 5. The summed E-state index contributed by atoms with van der Waals surface area (Å²) < 4.78 is 0. The molecular weight excluding hydrogens is 308 g/mol. The van der Waals surface area contributed by atoms with Gasteiger partial charge in [-0.05, 0) is 36.8 Å². The van der Waals surface area contributed by atoms with E-state index in [1.165, 1.54) is 37.7 Å². The maximum atomic E-state index is 4.92. The number of hydrogen-bond acceptors (Lipinski definition) is 4. The molecule has 3 aliphatic rings. The van der Waals surface area contributed by atoms with Crippen molar-refractivity contribution in [3.05, 3.63) is 47.2 Å². The molecule has 5 rings (SSSR count). The summed E-state index contributed by atoms with van der Waals surface area (Å²) in [5.41, 5.74) is 4.19. The molecule has 4 nitrogen and oxygen atoms in total. The van der Waals surface area contributed by atoms with Crippen LogP contribution in [0.15, 0.2) is 30.3 Å². The van der Waals surface area contributed by atoms with Gasteiger partial charge in [0.15, 0.2) is 0 Å². The number of rotatable bonds is 4. The average Bonchev–Trinajstić information content (AvgIpc) is 3.38. The molecule has 0 spiro atoms. The van der Waals surface area contributed by atoms with Crippen molar-refractivity contribution in [2.75, 3.05) is 16.8 Å². The van der Waals surface area contributed by atoms with Crippen molar-refractivity contribution in [3.63, 3.8) is 0 Å². The molecule has 25 heavy (non-hydrogen) atoms. The Bertz CT molecular complexity index is 781. The van der Waals surface area contributed by atoms with Crippen molar-refractivity contribution < 1.29 is 0 Å². The molecule has 130 valence electrons. The summed E-state index contributed by atoms with van der Waals surface area (Å²) in [6, 6.07) is 12.2. The number of aromatic nitrogens is 2. The van der Waals surface area contributed by atoms with Crippen molar-refractivity contribution in [1.29, 1.82) is 0 Å². The Morgan fingerprint density at radius 1 is 1.12 bits per heavy atom. The van der Waals surface area contributed by atoms with E-state index in [0.29, 0.717) is 18.0 Å². The van der Waals surface area contributed by atoms with Crippen LogP contribution in [0.2, 0.25) is 0 Å². The van der Waals surface area contributed by atoms with E-state index < -0.39 is 0 Å². The van der Waals surface area contributed by atoms with Gasteiger partial charge in [-0.2, -0.15) is 4.98 Å². The summed E-state index contributed by atoms with van der Waals surface area (Å²) in [7, 11) is 0. The molecule has 0 unspecified atom stereocenters. The first-order chi connectivity index (χ1) is 12.3. The molecule has 0 radical (unpaired) electrons. The molecule has 2 aliphatic carbocycles. The fraction of sp³-hybridized carbons (Fsp3) is 0.524. The van der Waals surface area contributed by atoms with E-state index in [1.807, 2.05) is 0 Å². The zero-order valence-corrected chi connectivity index (χ0v) is 14.9. The second kappa shape index (κ2) is 6.01. The highest BCUT2D eigenvalue weighted by Crippen LogP contribution is 2.51. The first-order valence-corrected chi connectivity index (χ1v) is 9.82. The van der Waals surface area contributed by atoms with Crippen LogP contribution >= 0.6 is 0 Å². The van der Waals surface area contributed by atoms with Crippen molar-refractivity contribution in [2.24, 2.45) is 0 Å². The van der Waals surface area contributed by atoms with Crippen LogP contribution in [0.25, 0.3) is 0 Å². The molecule has 1 aromatic carbocycles. The van der Waals surface area contributed by atoms with Gasteiger partial charge in [0.2, 0.25) is 5.95 Å². The maximum Gasteiger partial charge on any atom is 0.225 e. The molecule has 4 heteroatoms. The topological polar surface area (TPSA) is 41.1 Å². The lowest BCUT2D eigenvalue weighted by Gasteiger charge is -2.30. The third-order valence-corrected chi connectivity index (χ3v) is 6.21. The van der Waals surface area contributed by atoms with Crippen LogP contribution in [0, 0.1) is 0 Å². The number of hydrogen-bond donors (Lipinski definition) is 1. The molecule has 0 amide bonds. The SMILES string of the molecule is CCc1cc(N2C[C@H]3C[C@H]2c2ccccc23)nc(NC2CCCC2)n1. The van der Waals surface area contributed by atoms with E-state index in [9.17, 15) is 0 Å². The van der Waals surface area contributed by atoms with Crippen LogP contribution in [0.1, 0.15) is 67.8 Å². The van der Waals surface area contributed by atoms with Gasteiger partial charge in [0.05, 0.1) is 6.04 Å². The molecule has 2 atom stereocenters. The predicted octanol–water partition coefficient (Wildman–Crippen LogP) is 4.44. The molecule has 1 aromatic heterocycles. The quantitative estimate of drug-likeness (QED) is 0.897. The minimum Gasteiger partial charge on any atom is -0.351 e. The third-order valence-electron chi connectivity index (χ3n) is 6.21. The Labute approximate surface area is 149 Å². The zero-order chi connectivity index (χ0) is 16.8. The number of aryl methyl sites for hydroxylation is 1. The van der Waals surface area contributed by atoms with E-state index in [2.05, 4.69) is 47.5 Å². The second-order valence-corrected chi connectivity index (χ2v) is 7.75. The lowest BCUT2D eigenvalue weighted by atomic mass is 9.99. The largest absolute Gasteiger partial charge is 0.351 e. The molecule has 1 aliphatic heterocycles. The highest BCUT2D eigenvalue weighted by Gasteiger charge is 2.42. The van der Waals surface area contributed by atoms with Crippen LogP contribution < -0.4 is 10.2 Å². The van der Waals surface area contributed by atoms with Gasteiger partial charge >= 0.3 is 0 Å². The Balaban J connectivity index is 1.46. The summed E-state index contributed by atoms with van der Waals surface area (Å²) in [6.07, 6.45) is 7.33. The Kier molecular flexibility index (Phi) is 3.65. The highest BCUT2D eigenvalue weighted by molar-refractivity contribution is 5.55. The lowest BCUT2D eigenvalue weighted by molar-refractivity contribution is 0.717. The second-order valence-electron chi connectivity index (χ2n) is 7.75. The van der Waals surface area contributed by atoms with Gasteiger partial charge in [-0.15, -0.1) is 0 Å². The van der Waals surface area contributed by atoms with Crippen molar-refractivity contribution in [2.45, 2.75) is 63.5 Å². The van der Waals surface area contributed by atoms with E-state index >= 15 is 0 Å². The van der Waals surface area contributed by atoms with Gasteiger partial charge in [-0.1, -0.05) is 44.0 Å². The normalized spacial score (nSPS) is 24.8. The number of nitrogens with zero attached hydrogens (tertiary/aromatic N) is 3. The molecular formula is C21H26N4. The van der Waals surface area contributed by atoms with Crippen LogP contribution in [0.5, 0.6) is 0 Å². The molecule has 2 bridgehead atoms. The number of nitrogens with one attached hydrogen (secondary N) is 1. The van der Waals surface area contributed by atoms with Crippen LogP contribution in [-0.4, -0.2) is 22.6 Å². The van der Waals surface area contributed by atoms with Crippen molar-refractivity contribution in [1.82, 2.24) is 9.97 Å². The van der Waals surface area contributed by atoms with Gasteiger partial charge in [-0.25, -0.2) is 4.98 Å². The minimum atomic E-state index is 0.486. The molecule has 2 fully saturated rings. The number of anilines is 2. The maximum absolute atomic E-state index is 4.92. The Hall–Kier alpha value is -2.10. The minimum absolute atomic E-state index is 0.486. The Morgan fingerprint density at radius 3 is 2.72 bits per heavy atom. The van der Waals surface area contributed by atoms with Gasteiger partial charge in [0.1, 0.15) is 5.82 Å². The van der Waals surface area contributed by atoms with E-state index in [1.54, 1.807) is 5.56 Å². The van der Waals surface area contributed by atoms with Gasteiger partial charge < -0.3 is 10.2 Å². The van der Waals surface area contributed by atoms with Gasteiger partial charge in [-0.3, -0.25) is 0 Å². The fourth-order valence-corrected chi connectivity index (χ4v) is 4.92. The summed E-state index contributed by atoms with van der Waals surface area (Å²) in [5, 5.41) is 3.59. The third kappa shape index (κ3) is 2.59. The summed E-state index contributed by atoms with van der Waals surface area (Å²) in [4.78, 5) is 12.2. The summed E-state index contributed by atoms with van der Waals surface area (Å²) >= 11 is 0. The molecule has 1 saturated heterocycles. The van der Waals surface area contributed by atoms with Crippen molar-refractivity contribution >= 4 is 11.8 Å². The standard InChI is InChI=1S/C21H26N4/c1-2-15-12-20(24-21(22-15)23-16-7-3-4-8-16)25-13-14-11-19(25)18-10-6-5-9-17(14)18/h5-6,9-10,12,14,16,19H,2-4,7-8,11,13H2,1H3,(H,22,23,24)/t14-,19+/m1/s1. The van der Waals surface area contributed by atoms with Gasteiger partial charge in [0, 0.05) is 30.3 Å². The zero-order valence-electron chi connectivity index (χ0n) is 14.9. The highest BCUT2D eigenvalue weighted by atomic mass is 15.3. The first-order valence-electron chi connectivity index (χ1n) is 9.82. The average molecular weight is 334 g/mol. The molecule has 2 aromatic rings. The monoisotopic (exact) mass is 334 g/mol. The number of benzene rings is 1. The Morgan fingerprint density at radius 2 is 1.92 bits per heavy atom. The van der Waals surface area contributed by atoms with Gasteiger partial charge in [0.25, 0.3) is 0 Å². The lowest BCUT2D eigenvalue weighted by Crippen LogP contribution is -2.28. The fourth-order valence-electron chi connectivity index (χ4n) is 4.92.